The Hall–Kier alpha value is -0.730. The minimum Gasteiger partial charge on any atom is -0.495 e. The summed E-state index contributed by atoms with van der Waals surface area (Å²) in [5, 5.41) is 10.4. The van der Waals surface area contributed by atoms with Crippen molar-refractivity contribution in [3.05, 3.63) is 28.8 Å². The summed E-state index contributed by atoms with van der Waals surface area (Å²) in [5.41, 5.74) is 0.484. The van der Waals surface area contributed by atoms with Crippen molar-refractivity contribution in [3.8, 4) is 5.75 Å². The molecule has 0 unspecified atom stereocenters. The highest BCUT2D eigenvalue weighted by molar-refractivity contribution is 6.32. The quantitative estimate of drug-likeness (QED) is 0.834. The van der Waals surface area contributed by atoms with Gasteiger partial charge in [-0.05, 0) is 24.5 Å². The molecule has 0 aliphatic heterocycles. The topological polar surface area (TPSA) is 29.5 Å². The van der Waals surface area contributed by atoms with Crippen molar-refractivity contribution in [2.75, 3.05) is 7.11 Å². The summed E-state index contributed by atoms with van der Waals surface area (Å²) in [6.45, 7) is 0. The number of benzene rings is 1. The van der Waals surface area contributed by atoms with Crippen LogP contribution in [0.15, 0.2) is 18.2 Å². The van der Waals surface area contributed by atoms with Gasteiger partial charge >= 0.3 is 0 Å². The lowest BCUT2D eigenvalue weighted by Gasteiger charge is -2.12. The van der Waals surface area contributed by atoms with E-state index in [1.54, 1.807) is 13.2 Å². The summed E-state index contributed by atoms with van der Waals surface area (Å²) in [4.78, 5) is 0. The van der Waals surface area contributed by atoms with Gasteiger partial charge in [0.05, 0.1) is 17.7 Å². The molecule has 0 radical (unpaired) electrons. The first kappa shape index (κ1) is 9.81. The van der Waals surface area contributed by atoms with Gasteiger partial charge in [0.15, 0.2) is 0 Å². The van der Waals surface area contributed by atoms with Gasteiger partial charge in [-0.1, -0.05) is 23.7 Å². The van der Waals surface area contributed by atoms with Crippen LogP contribution in [0.1, 0.15) is 18.4 Å². The molecule has 0 atom stereocenters. The number of halogens is 1. The first-order valence-electron chi connectivity index (χ1n) is 4.68. The molecule has 0 amide bonds. The predicted molar refractivity (Wildman–Crippen MR) is 55.9 cm³/mol. The van der Waals surface area contributed by atoms with Crippen LogP contribution < -0.4 is 4.74 Å². The minimum atomic E-state index is -0.502. The van der Waals surface area contributed by atoms with E-state index in [-0.39, 0.29) is 0 Å². The molecule has 1 aliphatic rings. The molecule has 3 heteroatoms. The van der Waals surface area contributed by atoms with Crippen LogP contribution in [0.4, 0.5) is 0 Å². The van der Waals surface area contributed by atoms with Crippen LogP contribution in [0.3, 0.4) is 0 Å². The Labute approximate surface area is 88.5 Å². The molecule has 1 aromatic rings. The first-order chi connectivity index (χ1) is 6.64. The van der Waals surface area contributed by atoms with Gasteiger partial charge in [0.25, 0.3) is 0 Å². The van der Waals surface area contributed by atoms with E-state index in [4.69, 9.17) is 16.3 Å². The average Bonchev–Trinajstić information content (AvgIpc) is 2.84. The molecular formula is C11H13ClO2. The van der Waals surface area contributed by atoms with Gasteiger partial charge in [0, 0.05) is 6.42 Å². The monoisotopic (exact) mass is 212 g/mol. The number of para-hydroxylation sites is 1. The van der Waals surface area contributed by atoms with Crippen molar-refractivity contribution in [2.45, 2.75) is 24.9 Å². The molecule has 76 valence electrons. The zero-order valence-electron chi connectivity index (χ0n) is 8.09. The van der Waals surface area contributed by atoms with Gasteiger partial charge < -0.3 is 9.84 Å². The largest absolute Gasteiger partial charge is 0.495 e. The zero-order valence-corrected chi connectivity index (χ0v) is 8.84. The summed E-state index contributed by atoms with van der Waals surface area (Å²) < 4.78 is 5.21. The highest BCUT2D eigenvalue weighted by Gasteiger charge is 2.40. The van der Waals surface area contributed by atoms with E-state index in [0.29, 0.717) is 17.2 Å². The molecule has 0 saturated heterocycles. The lowest BCUT2D eigenvalue weighted by molar-refractivity contribution is 0.150. The fourth-order valence-corrected chi connectivity index (χ4v) is 1.87. The van der Waals surface area contributed by atoms with Gasteiger partial charge in [-0.25, -0.2) is 0 Å². The number of methoxy groups -OCH3 is 1. The van der Waals surface area contributed by atoms with Gasteiger partial charge in [-0.2, -0.15) is 0 Å². The summed E-state index contributed by atoms with van der Waals surface area (Å²) in [5.74, 6) is 0.689. The van der Waals surface area contributed by atoms with Gasteiger partial charge in [0.1, 0.15) is 5.75 Å². The SMILES string of the molecule is COc1c(Cl)cccc1CC1(O)CC1. The van der Waals surface area contributed by atoms with E-state index in [0.717, 1.165) is 18.4 Å². The second kappa shape index (κ2) is 3.44. The van der Waals surface area contributed by atoms with E-state index >= 15 is 0 Å². The van der Waals surface area contributed by atoms with E-state index < -0.39 is 5.60 Å². The Morgan fingerprint density at radius 1 is 1.50 bits per heavy atom. The van der Waals surface area contributed by atoms with Crippen molar-refractivity contribution in [1.82, 2.24) is 0 Å². The van der Waals surface area contributed by atoms with Crippen molar-refractivity contribution >= 4 is 11.6 Å². The summed E-state index contributed by atoms with van der Waals surface area (Å²) in [7, 11) is 1.60. The van der Waals surface area contributed by atoms with Gasteiger partial charge in [0.2, 0.25) is 0 Å². The first-order valence-corrected chi connectivity index (χ1v) is 5.06. The van der Waals surface area contributed by atoms with E-state index in [1.165, 1.54) is 0 Å². The Balaban J connectivity index is 2.27. The van der Waals surface area contributed by atoms with Gasteiger partial charge in [-0.15, -0.1) is 0 Å². The smallest absolute Gasteiger partial charge is 0.140 e. The lowest BCUT2D eigenvalue weighted by atomic mass is 10.1. The number of hydrogen-bond donors (Lipinski definition) is 1. The Morgan fingerprint density at radius 3 is 2.79 bits per heavy atom. The standard InChI is InChI=1S/C11H13ClO2/c1-14-10-8(3-2-4-9(10)12)7-11(13)5-6-11/h2-4,13H,5-7H2,1H3. The fraction of sp³-hybridized carbons (Fsp3) is 0.455. The van der Waals surface area contributed by atoms with Crippen molar-refractivity contribution < 1.29 is 9.84 Å². The molecule has 1 aliphatic carbocycles. The van der Waals surface area contributed by atoms with Crippen LogP contribution in [0, 0.1) is 0 Å². The van der Waals surface area contributed by atoms with Crippen LogP contribution in [-0.4, -0.2) is 17.8 Å². The molecule has 1 saturated carbocycles. The van der Waals surface area contributed by atoms with E-state index in [9.17, 15) is 5.11 Å². The molecule has 14 heavy (non-hydrogen) atoms. The minimum absolute atomic E-state index is 0.502. The summed E-state index contributed by atoms with van der Waals surface area (Å²) >= 11 is 5.97. The van der Waals surface area contributed by atoms with Crippen molar-refractivity contribution in [3.63, 3.8) is 0 Å². The van der Waals surface area contributed by atoms with Crippen LogP contribution in [0.2, 0.25) is 5.02 Å². The van der Waals surface area contributed by atoms with Crippen molar-refractivity contribution in [1.29, 1.82) is 0 Å². The maximum Gasteiger partial charge on any atom is 0.140 e. The third-order valence-corrected chi connectivity index (χ3v) is 2.90. The van der Waals surface area contributed by atoms with E-state index in [1.807, 2.05) is 12.1 Å². The summed E-state index contributed by atoms with van der Waals surface area (Å²) in [6, 6.07) is 5.62. The maximum atomic E-state index is 9.79. The van der Waals surface area contributed by atoms with Crippen LogP contribution in [0.25, 0.3) is 0 Å². The van der Waals surface area contributed by atoms with E-state index in [2.05, 4.69) is 0 Å². The van der Waals surface area contributed by atoms with Crippen LogP contribution >= 0.6 is 11.6 Å². The predicted octanol–water partition coefficient (Wildman–Crippen LogP) is 2.42. The average molecular weight is 213 g/mol. The molecule has 1 aromatic carbocycles. The summed E-state index contributed by atoms with van der Waals surface area (Å²) in [6.07, 6.45) is 2.39. The second-order valence-electron chi connectivity index (χ2n) is 3.83. The van der Waals surface area contributed by atoms with Crippen molar-refractivity contribution in [2.24, 2.45) is 0 Å². The molecule has 0 aromatic heterocycles. The third kappa shape index (κ3) is 1.86. The Bertz CT molecular complexity index is 345. The number of rotatable bonds is 3. The third-order valence-electron chi connectivity index (χ3n) is 2.60. The molecule has 2 rings (SSSR count). The molecule has 1 fully saturated rings. The Kier molecular flexibility index (Phi) is 2.41. The lowest BCUT2D eigenvalue weighted by Crippen LogP contribution is -2.11. The molecule has 0 heterocycles. The molecule has 0 bridgehead atoms. The highest BCUT2D eigenvalue weighted by atomic mass is 35.5. The van der Waals surface area contributed by atoms with Crippen LogP contribution in [-0.2, 0) is 6.42 Å². The second-order valence-corrected chi connectivity index (χ2v) is 4.24. The normalized spacial score (nSPS) is 17.9. The number of ether oxygens (including phenoxy) is 1. The fourth-order valence-electron chi connectivity index (χ4n) is 1.60. The number of hydrogen-bond acceptors (Lipinski definition) is 2. The van der Waals surface area contributed by atoms with Gasteiger partial charge in [-0.3, -0.25) is 0 Å². The maximum absolute atomic E-state index is 9.79. The highest BCUT2D eigenvalue weighted by Crippen LogP contribution is 2.41. The Morgan fingerprint density at radius 2 is 2.21 bits per heavy atom. The zero-order chi connectivity index (χ0) is 10.2. The number of aliphatic hydroxyl groups is 1. The molecule has 0 spiro atoms. The molecular weight excluding hydrogens is 200 g/mol. The van der Waals surface area contributed by atoms with Crippen LogP contribution in [0.5, 0.6) is 5.75 Å². The molecule has 2 nitrogen and oxygen atoms in total. The molecule has 1 N–H and O–H groups in total.